The van der Waals surface area contributed by atoms with Crippen LogP contribution in [0.5, 0.6) is 0 Å². The van der Waals surface area contributed by atoms with E-state index in [9.17, 15) is 27.2 Å². The Kier molecular flexibility index (Phi) is 6.72. The highest BCUT2D eigenvalue weighted by Crippen LogP contribution is 2.23. The van der Waals surface area contributed by atoms with Crippen molar-refractivity contribution < 1.29 is 27.1 Å². The fourth-order valence-electron chi connectivity index (χ4n) is 3.31. The molecule has 4 aromatic rings. The first-order chi connectivity index (χ1) is 17.1. The van der Waals surface area contributed by atoms with Crippen LogP contribution in [-0.2, 0) is 14.8 Å². The number of aromatic nitrogens is 2. The van der Waals surface area contributed by atoms with Gasteiger partial charge in [0.15, 0.2) is 5.13 Å². The van der Waals surface area contributed by atoms with Gasteiger partial charge in [-0.25, -0.2) is 27.7 Å². The average molecular weight is 532 g/mol. The molecule has 0 radical (unpaired) electrons. The summed E-state index contributed by atoms with van der Waals surface area (Å²) in [5.74, 6) is -0.513. The Bertz CT molecular complexity index is 1650. The second-order valence-electron chi connectivity index (χ2n) is 7.24. The molecule has 0 aliphatic heterocycles. The molecule has 0 aliphatic carbocycles. The average Bonchev–Trinajstić information content (AvgIpc) is 3.31. The summed E-state index contributed by atoms with van der Waals surface area (Å²) in [6.45, 7) is 0. The number of nitrogens with one attached hydrogen (secondary N) is 3. The number of thiophene rings is 1. The standard InChI is InChI=1S/C22H18FN5O6S2/c1-24-12-3-5-14-15(9-12)16(21(30)34-2)11-28(20(14)29)18-7-4-13(10-25-18)26-22(31)27-36(32,33)19-8-6-17(23)35-19/h3-11,24H,1-2H3,(H2,26,27,31). The quantitative estimate of drug-likeness (QED) is 0.322. The van der Waals surface area contributed by atoms with Gasteiger partial charge >= 0.3 is 12.0 Å². The molecular formula is C22H18FN5O6S2. The van der Waals surface area contributed by atoms with E-state index in [0.29, 0.717) is 22.4 Å². The lowest BCUT2D eigenvalue weighted by molar-refractivity contribution is 0.0602. The first kappa shape index (κ1) is 24.8. The number of fused-ring (bicyclic) bond motifs is 1. The summed E-state index contributed by atoms with van der Waals surface area (Å²) in [6.07, 6.45) is 2.51. The van der Waals surface area contributed by atoms with E-state index in [-0.39, 0.29) is 26.7 Å². The normalized spacial score (nSPS) is 11.2. The molecule has 0 saturated heterocycles. The fourth-order valence-corrected chi connectivity index (χ4v) is 5.22. The first-order valence-corrected chi connectivity index (χ1v) is 12.4. The Morgan fingerprint density at radius 1 is 1.08 bits per heavy atom. The zero-order valence-corrected chi connectivity index (χ0v) is 20.4. The van der Waals surface area contributed by atoms with Gasteiger partial charge in [-0.05, 0) is 42.5 Å². The number of hydrogen-bond donors (Lipinski definition) is 3. The molecule has 0 aliphatic rings. The number of nitrogens with zero attached hydrogens (tertiary/aromatic N) is 2. The number of hydrogen-bond acceptors (Lipinski definition) is 9. The predicted molar refractivity (Wildman–Crippen MR) is 132 cm³/mol. The van der Waals surface area contributed by atoms with Gasteiger partial charge < -0.3 is 15.4 Å². The number of benzene rings is 1. The van der Waals surface area contributed by atoms with Crippen molar-refractivity contribution in [2.45, 2.75) is 4.21 Å². The van der Waals surface area contributed by atoms with Gasteiger partial charge in [0.25, 0.3) is 15.6 Å². The monoisotopic (exact) mass is 531 g/mol. The SMILES string of the molecule is CNc1ccc2c(=O)n(-c3ccc(NC(=O)NS(=O)(=O)c4ccc(F)s4)cn3)cc(C(=O)OC)c2c1. The van der Waals surface area contributed by atoms with Gasteiger partial charge in [0.05, 0.1) is 24.6 Å². The highest BCUT2D eigenvalue weighted by atomic mass is 32.2. The van der Waals surface area contributed by atoms with Crippen LogP contribution in [0.25, 0.3) is 16.6 Å². The Hall–Kier alpha value is -4.30. The predicted octanol–water partition coefficient (Wildman–Crippen LogP) is 2.93. The van der Waals surface area contributed by atoms with Crippen LogP contribution in [0.15, 0.2) is 63.9 Å². The van der Waals surface area contributed by atoms with Crippen molar-refractivity contribution in [3.05, 3.63) is 75.9 Å². The molecule has 186 valence electrons. The second kappa shape index (κ2) is 9.75. The van der Waals surface area contributed by atoms with E-state index in [0.717, 1.165) is 16.7 Å². The Morgan fingerprint density at radius 2 is 1.83 bits per heavy atom. The lowest BCUT2D eigenvalue weighted by Crippen LogP contribution is -2.34. The molecule has 0 bridgehead atoms. The molecule has 0 saturated carbocycles. The minimum atomic E-state index is -4.25. The topological polar surface area (TPSA) is 148 Å². The smallest absolute Gasteiger partial charge is 0.340 e. The third-order valence-electron chi connectivity index (χ3n) is 5.00. The molecule has 3 heterocycles. The van der Waals surface area contributed by atoms with Crippen LogP contribution in [0.4, 0.5) is 20.6 Å². The maximum atomic E-state index is 13.1. The van der Waals surface area contributed by atoms with E-state index in [1.165, 1.54) is 31.6 Å². The molecule has 0 fully saturated rings. The maximum Gasteiger partial charge on any atom is 0.340 e. The molecule has 0 unspecified atom stereocenters. The van der Waals surface area contributed by atoms with Crippen LogP contribution in [0.3, 0.4) is 0 Å². The summed E-state index contributed by atoms with van der Waals surface area (Å²) in [4.78, 5) is 41.8. The van der Waals surface area contributed by atoms with Crippen LogP contribution in [-0.4, -0.2) is 44.1 Å². The zero-order valence-electron chi connectivity index (χ0n) is 18.7. The lowest BCUT2D eigenvalue weighted by Gasteiger charge is -2.12. The molecule has 14 heteroatoms. The molecule has 3 aromatic heterocycles. The summed E-state index contributed by atoms with van der Waals surface area (Å²) in [5, 5.41) is 5.20. The Morgan fingerprint density at radius 3 is 2.44 bits per heavy atom. The highest BCUT2D eigenvalue weighted by Gasteiger charge is 2.21. The van der Waals surface area contributed by atoms with E-state index in [4.69, 9.17) is 4.74 Å². The number of halogens is 1. The van der Waals surface area contributed by atoms with Crippen molar-refractivity contribution in [1.29, 1.82) is 0 Å². The second-order valence-corrected chi connectivity index (χ2v) is 10.2. The number of methoxy groups -OCH3 is 1. The van der Waals surface area contributed by atoms with Crippen molar-refractivity contribution in [1.82, 2.24) is 14.3 Å². The molecule has 0 spiro atoms. The van der Waals surface area contributed by atoms with E-state index in [1.54, 1.807) is 30.0 Å². The van der Waals surface area contributed by atoms with Gasteiger partial charge in [-0.15, -0.1) is 0 Å². The Balaban J connectivity index is 1.62. The van der Waals surface area contributed by atoms with Gasteiger partial charge in [-0.1, -0.05) is 11.3 Å². The van der Waals surface area contributed by atoms with Crippen molar-refractivity contribution in [2.75, 3.05) is 24.8 Å². The van der Waals surface area contributed by atoms with Crippen molar-refractivity contribution in [3.63, 3.8) is 0 Å². The summed E-state index contributed by atoms with van der Waals surface area (Å²) in [7, 11) is -1.32. The highest BCUT2D eigenvalue weighted by molar-refractivity contribution is 7.92. The molecule has 4 rings (SSSR count). The number of rotatable bonds is 6. The van der Waals surface area contributed by atoms with E-state index in [1.807, 2.05) is 0 Å². The van der Waals surface area contributed by atoms with Crippen LogP contribution in [0.2, 0.25) is 0 Å². The zero-order chi connectivity index (χ0) is 26.0. The van der Waals surface area contributed by atoms with Crippen molar-refractivity contribution >= 4 is 55.5 Å². The van der Waals surface area contributed by atoms with E-state index >= 15 is 0 Å². The van der Waals surface area contributed by atoms with Gasteiger partial charge in [0, 0.05) is 29.7 Å². The van der Waals surface area contributed by atoms with Gasteiger partial charge in [0.1, 0.15) is 10.0 Å². The number of amides is 2. The summed E-state index contributed by atoms with van der Waals surface area (Å²) in [5.41, 5.74) is 0.510. The Labute approximate surface area is 207 Å². The summed E-state index contributed by atoms with van der Waals surface area (Å²) < 4.78 is 44.9. The number of carbonyl (C=O) groups excluding carboxylic acids is 2. The number of ether oxygens (including phenoxy) is 1. The first-order valence-electron chi connectivity index (χ1n) is 10.1. The number of carbonyl (C=O) groups is 2. The largest absolute Gasteiger partial charge is 0.465 e. The molecule has 36 heavy (non-hydrogen) atoms. The fraction of sp³-hybridized carbons (Fsp3) is 0.0909. The number of esters is 1. The molecule has 11 nitrogen and oxygen atoms in total. The van der Waals surface area contributed by atoms with Crippen molar-refractivity contribution in [3.8, 4) is 5.82 Å². The molecule has 0 atom stereocenters. The number of urea groups is 1. The van der Waals surface area contributed by atoms with Crippen molar-refractivity contribution in [2.24, 2.45) is 0 Å². The minimum Gasteiger partial charge on any atom is -0.465 e. The molecule has 3 N–H and O–H groups in total. The number of sulfonamides is 1. The van der Waals surface area contributed by atoms with Gasteiger partial charge in [-0.2, -0.15) is 4.39 Å². The van der Waals surface area contributed by atoms with E-state index in [2.05, 4.69) is 15.6 Å². The molecule has 1 aromatic carbocycles. The van der Waals surface area contributed by atoms with Crippen LogP contribution in [0, 0.1) is 5.13 Å². The minimum absolute atomic E-state index is 0.115. The maximum absolute atomic E-state index is 13.1. The van der Waals surface area contributed by atoms with Gasteiger partial charge in [-0.3, -0.25) is 9.36 Å². The number of pyridine rings is 2. The number of anilines is 2. The lowest BCUT2D eigenvalue weighted by atomic mass is 10.1. The van der Waals surface area contributed by atoms with Crippen LogP contribution in [0.1, 0.15) is 10.4 Å². The van der Waals surface area contributed by atoms with Gasteiger partial charge in [0.2, 0.25) is 0 Å². The summed E-state index contributed by atoms with van der Waals surface area (Å²) in [6, 6.07) is 8.63. The molecular weight excluding hydrogens is 513 g/mol. The third-order valence-corrected chi connectivity index (χ3v) is 7.70. The van der Waals surface area contributed by atoms with Crippen LogP contribution < -0.4 is 20.9 Å². The van der Waals surface area contributed by atoms with Crippen LogP contribution >= 0.6 is 11.3 Å². The van der Waals surface area contributed by atoms with E-state index < -0.39 is 32.7 Å². The molecule has 2 amide bonds. The third kappa shape index (κ3) is 4.89. The summed E-state index contributed by atoms with van der Waals surface area (Å²) >= 11 is 0.373.